The Morgan fingerprint density at radius 1 is 1.21 bits per heavy atom. The van der Waals surface area contributed by atoms with Gasteiger partial charge in [0.05, 0.1) is 10.6 Å². The van der Waals surface area contributed by atoms with Gasteiger partial charge in [-0.1, -0.05) is 32.3 Å². The Labute approximate surface area is 163 Å². The van der Waals surface area contributed by atoms with E-state index in [9.17, 15) is 19.7 Å². The summed E-state index contributed by atoms with van der Waals surface area (Å²) in [5, 5.41) is 11.4. The number of carbonyl (C=O) groups excluding carboxylic acids is 1. The van der Waals surface area contributed by atoms with Crippen molar-refractivity contribution < 1.29 is 9.72 Å². The number of rotatable bonds is 5. The third-order valence-electron chi connectivity index (χ3n) is 5.42. The van der Waals surface area contributed by atoms with E-state index in [1.807, 2.05) is 6.92 Å². The van der Waals surface area contributed by atoms with Gasteiger partial charge < -0.3 is 9.47 Å². The normalized spacial score (nSPS) is 14.6. The van der Waals surface area contributed by atoms with E-state index in [1.54, 1.807) is 36.3 Å². The van der Waals surface area contributed by atoms with Gasteiger partial charge in [0, 0.05) is 42.5 Å². The van der Waals surface area contributed by atoms with Crippen LogP contribution in [0.25, 0.3) is 0 Å². The zero-order chi connectivity index (χ0) is 20.3. The predicted molar refractivity (Wildman–Crippen MR) is 108 cm³/mol. The maximum absolute atomic E-state index is 13.4. The molecule has 0 unspecified atom stereocenters. The number of nitrogens with zero attached hydrogens (tertiary/aromatic N) is 3. The van der Waals surface area contributed by atoms with Gasteiger partial charge in [-0.25, -0.2) is 0 Å². The van der Waals surface area contributed by atoms with Gasteiger partial charge in [-0.3, -0.25) is 19.7 Å². The molecule has 1 fully saturated rings. The third kappa shape index (κ3) is 3.98. The maximum atomic E-state index is 13.4. The number of benzene rings is 1. The molecule has 0 atom stereocenters. The summed E-state index contributed by atoms with van der Waals surface area (Å²) >= 11 is 0. The molecule has 0 bridgehead atoms. The van der Waals surface area contributed by atoms with Crippen LogP contribution in [-0.2, 0) is 13.5 Å². The second-order valence-electron chi connectivity index (χ2n) is 7.26. The number of anilines is 1. The summed E-state index contributed by atoms with van der Waals surface area (Å²) in [6.45, 7) is 1.85. The summed E-state index contributed by atoms with van der Waals surface area (Å²) in [7, 11) is 1.65. The van der Waals surface area contributed by atoms with Gasteiger partial charge in [-0.15, -0.1) is 0 Å². The summed E-state index contributed by atoms with van der Waals surface area (Å²) in [4.78, 5) is 37.9. The largest absolute Gasteiger partial charge is 0.317 e. The number of nitro groups is 1. The average molecular weight is 383 g/mol. The Kier molecular flexibility index (Phi) is 5.92. The molecule has 2 aromatic rings. The Balaban J connectivity index is 2.05. The lowest BCUT2D eigenvalue weighted by atomic mass is 9.93. The highest BCUT2D eigenvalue weighted by Crippen LogP contribution is 2.30. The minimum Gasteiger partial charge on any atom is -0.317 e. The molecule has 0 N–H and O–H groups in total. The van der Waals surface area contributed by atoms with Gasteiger partial charge in [-0.05, 0) is 31.4 Å². The van der Waals surface area contributed by atoms with Crippen molar-refractivity contribution in [1.29, 1.82) is 0 Å². The molecule has 1 aliphatic carbocycles. The number of aromatic nitrogens is 1. The van der Waals surface area contributed by atoms with Crippen LogP contribution < -0.4 is 10.5 Å². The number of carbonyl (C=O) groups is 1. The van der Waals surface area contributed by atoms with E-state index in [-0.39, 0.29) is 23.2 Å². The molecule has 148 valence electrons. The number of nitro benzene ring substituents is 1. The molecule has 3 rings (SSSR count). The molecular formula is C21H25N3O4. The third-order valence-corrected chi connectivity index (χ3v) is 5.42. The molecule has 1 heterocycles. The smallest absolute Gasteiger partial charge is 0.273 e. The van der Waals surface area contributed by atoms with Crippen LogP contribution in [-0.4, -0.2) is 21.4 Å². The average Bonchev–Trinajstić information content (AvgIpc) is 2.71. The Bertz CT molecular complexity index is 945. The van der Waals surface area contributed by atoms with Gasteiger partial charge in [0.1, 0.15) is 0 Å². The zero-order valence-electron chi connectivity index (χ0n) is 16.3. The van der Waals surface area contributed by atoms with E-state index in [1.165, 1.54) is 16.7 Å². The predicted octanol–water partition coefficient (Wildman–Crippen LogP) is 3.84. The van der Waals surface area contributed by atoms with Crippen LogP contribution in [0, 0.1) is 10.1 Å². The summed E-state index contributed by atoms with van der Waals surface area (Å²) < 4.78 is 1.45. The number of pyridine rings is 1. The first-order valence-electron chi connectivity index (χ1n) is 9.70. The summed E-state index contributed by atoms with van der Waals surface area (Å²) in [6, 6.07) is 7.81. The molecular weight excluding hydrogens is 358 g/mol. The van der Waals surface area contributed by atoms with Crippen molar-refractivity contribution >= 4 is 17.3 Å². The Hall–Kier alpha value is -2.96. The number of aryl methyl sites for hydroxylation is 2. The number of hydrogen-bond donors (Lipinski definition) is 0. The van der Waals surface area contributed by atoms with Crippen molar-refractivity contribution in [2.75, 3.05) is 4.90 Å². The second kappa shape index (κ2) is 8.37. The number of hydrogen-bond acceptors (Lipinski definition) is 4. The molecule has 0 aliphatic heterocycles. The molecule has 1 aromatic heterocycles. The van der Waals surface area contributed by atoms with Crippen LogP contribution in [0.5, 0.6) is 0 Å². The van der Waals surface area contributed by atoms with Gasteiger partial charge in [0.2, 0.25) is 5.56 Å². The fraction of sp³-hybridized carbons (Fsp3) is 0.429. The lowest BCUT2D eigenvalue weighted by Crippen LogP contribution is -2.42. The monoisotopic (exact) mass is 383 g/mol. The van der Waals surface area contributed by atoms with Crippen LogP contribution in [0.3, 0.4) is 0 Å². The highest BCUT2D eigenvalue weighted by atomic mass is 16.6. The van der Waals surface area contributed by atoms with Gasteiger partial charge in [0.25, 0.3) is 11.6 Å². The molecule has 1 amide bonds. The fourth-order valence-electron chi connectivity index (χ4n) is 3.86. The summed E-state index contributed by atoms with van der Waals surface area (Å²) in [5.41, 5.74) is 1.36. The van der Waals surface area contributed by atoms with Crippen molar-refractivity contribution in [3.8, 4) is 0 Å². The summed E-state index contributed by atoms with van der Waals surface area (Å²) in [5.74, 6) is -0.267. The van der Waals surface area contributed by atoms with Crippen molar-refractivity contribution in [3.05, 3.63) is 68.1 Å². The lowest BCUT2D eigenvalue weighted by Gasteiger charge is -2.34. The fourth-order valence-corrected chi connectivity index (χ4v) is 3.86. The Morgan fingerprint density at radius 3 is 2.54 bits per heavy atom. The highest BCUT2D eigenvalue weighted by Gasteiger charge is 2.29. The van der Waals surface area contributed by atoms with Crippen LogP contribution in [0.1, 0.15) is 54.9 Å². The molecule has 28 heavy (non-hydrogen) atoms. The van der Waals surface area contributed by atoms with Crippen LogP contribution in [0.15, 0.2) is 41.3 Å². The van der Waals surface area contributed by atoms with Crippen molar-refractivity contribution in [3.63, 3.8) is 0 Å². The standard InChI is InChI=1S/C21H25N3O4/c1-3-15-9-10-16(13-19(15)24(27)28)21(26)23(17-7-5-4-6-8-17)18-11-12-20(25)22(2)14-18/h9-14,17H,3-8H2,1-2H3. The van der Waals surface area contributed by atoms with Crippen LogP contribution in [0.4, 0.5) is 11.4 Å². The van der Waals surface area contributed by atoms with Gasteiger partial charge >= 0.3 is 0 Å². The van der Waals surface area contributed by atoms with E-state index >= 15 is 0 Å². The SMILES string of the molecule is CCc1ccc(C(=O)N(c2ccc(=O)n(C)c2)C2CCCCC2)cc1[N+](=O)[O-]. The van der Waals surface area contributed by atoms with E-state index < -0.39 is 4.92 Å². The minimum absolute atomic E-state index is 0.0173. The molecule has 1 aliphatic rings. The quantitative estimate of drug-likeness (QED) is 0.580. The molecule has 1 aromatic carbocycles. The highest BCUT2D eigenvalue weighted by molar-refractivity contribution is 6.06. The first-order valence-corrected chi connectivity index (χ1v) is 9.70. The molecule has 7 nitrogen and oxygen atoms in total. The first kappa shape index (κ1) is 19.8. The van der Waals surface area contributed by atoms with E-state index in [4.69, 9.17) is 0 Å². The molecule has 1 saturated carbocycles. The Morgan fingerprint density at radius 2 is 1.93 bits per heavy atom. The van der Waals surface area contributed by atoms with E-state index in [2.05, 4.69) is 0 Å². The van der Waals surface area contributed by atoms with E-state index in [0.717, 1.165) is 32.1 Å². The van der Waals surface area contributed by atoms with Gasteiger partial charge in [0.15, 0.2) is 0 Å². The second-order valence-corrected chi connectivity index (χ2v) is 7.26. The molecule has 0 saturated heterocycles. The van der Waals surface area contributed by atoms with E-state index in [0.29, 0.717) is 23.2 Å². The van der Waals surface area contributed by atoms with Crippen LogP contribution >= 0.6 is 0 Å². The zero-order valence-corrected chi connectivity index (χ0v) is 16.3. The van der Waals surface area contributed by atoms with Crippen molar-refractivity contribution in [2.24, 2.45) is 7.05 Å². The minimum atomic E-state index is -0.438. The first-order chi connectivity index (χ1) is 13.4. The topological polar surface area (TPSA) is 85.5 Å². The summed E-state index contributed by atoms with van der Waals surface area (Å²) in [6.07, 6.45) is 7.15. The van der Waals surface area contributed by atoms with Gasteiger partial charge in [-0.2, -0.15) is 0 Å². The number of amides is 1. The molecule has 0 spiro atoms. The lowest BCUT2D eigenvalue weighted by molar-refractivity contribution is -0.385. The molecule has 7 heteroatoms. The molecule has 0 radical (unpaired) electrons. The van der Waals surface area contributed by atoms with Crippen molar-refractivity contribution in [2.45, 2.75) is 51.5 Å². The van der Waals surface area contributed by atoms with Crippen LogP contribution in [0.2, 0.25) is 0 Å². The maximum Gasteiger partial charge on any atom is 0.273 e. The van der Waals surface area contributed by atoms with Crippen molar-refractivity contribution in [1.82, 2.24) is 4.57 Å².